The van der Waals surface area contributed by atoms with Crippen molar-refractivity contribution in [3.05, 3.63) is 76.3 Å². The Labute approximate surface area is 195 Å². The molecule has 3 aromatic rings. The van der Waals surface area contributed by atoms with Gasteiger partial charge in [0, 0.05) is 51.6 Å². The van der Waals surface area contributed by atoms with Gasteiger partial charge in [-0.3, -0.25) is 19.5 Å². The van der Waals surface area contributed by atoms with Gasteiger partial charge in [-0.05, 0) is 30.5 Å². The summed E-state index contributed by atoms with van der Waals surface area (Å²) in [5, 5.41) is 2.85. The summed E-state index contributed by atoms with van der Waals surface area (Å²) in [6, 6.07) is 16.9. The molecule has 0 radical (unpaired) electrons. The minimum Gasteiger partial charge on any atom is -0.297 e. The van der Waals surface area contributed by atoms with Gasteiger partial charge >= 0.3 is 0 Å². The monoisotopic (exact) mass is 448 g/mol. The summed E-state index contributed by atoms with van der Waals surface area (Å²) >= 11 is 1.55. The Bertz CT molecular complexity index is 1060. The summed E-state index contributed by atoms with van der Waals surface area (Å²) in [5.74, 6) is -0.00318. The predicted octanol–water partition coefficient (Wildman–Crippen LogP) is 5.02. The Balaban J connectivity index is 1.37. The van der Waals surface area contributed by atoms with Crippen LogP contribution in [0.2, 0.25) is 0 Å². The molecule has 0 aliphatic carbocycles. The fraction of sp³-hybridized carbons (Fsp3) is 0.385. The smallest absolute Gasteiger partial charge is 0.230 e. The number of thiazole rings is 1. The van der Waals surface area contributed by atoms with Crippen LogP contribution in [0.1, 0.15) is 36.2 Å². The molecule has 32 heavy (non-hydrogen) atoms. The maximum absolute atomic E-state index is 12.5. The van der Waals surface area contributed by atoms with Crippen molar-refractivity contribution in [2.24, 2.45) is 0 Å². The van der Waals surface area contributed by atoms with Crippen LogP contribution >= 0.6 is 11.3 Å². The maximum Gasteiger partial charge on any atom is 0.230 e. The van der Waals surface area contributed by atoms with E-state index in [0.717, 1.165) is 67.8 Å². The molecule has 0 saturated carbocycles. The van der Waals surface area contributed by atoms with E-state index in [1.165, 1.54) is 11.1 Å². The van der Waals surface area contributed by atoms with Crippen molar-refractivity contribution in [1.82, 2.24) is 14.8 Å². The van der Waals surface area contributed by atoms with E-state index in [9.17, 15) is 4.79 Å². The summed E-state index contributed by atoms with van der Waals surface area (Å²) in [6.07, 6.45) is 0.880. The zero-order valence-corrected chi connectivity index (χ0v) is 20.1. The molecule has 1 aliphatic heterocycles. The van der Waals surface area contributed by atoms with Gasteiger partial charge in [0.05, 0.1) is 11.4 Å². The predicted molar refractivity (Wildman–Crippen MR) is 132 cm³/mol. The van der Waals surface area contributed by atoms with Gasteiger partial charge in [0.2, 0.25) is 5.91 Å². The van der Waals surface area contributed by atoms with Gasteiger partial charge in [-0.2, -0.15) is 0 Å². The Morgan fingerprint density at radius 2 is 1.75 bits per heavy atom. The quantitative estimate of drug-likeness (QED) is 0.509. The Morgan fingerprint density at radius 1 is 1.03 bits per heavy atom. The van der Waals surface area contributed by atoms with Crippen LogP contribution in [-0.4, -0.2) is 46.9 Å². The van der Waals surface area contributed by atoms with Crippen LogP contribution in [0.4, 0.5) is 10.8 Å². The molecular formula is C26H32N4OS. The van der Waals surface area contributed by atoms with E-state index < -0.39 is 0 Å². The number of rotatable bonds is 7. The number of hydrogen-bond donors (Lipinski definition) is 0. The third-order valence-corrected chi connectivity index (χ3v) is 6.87. The highest BCUT2D eigenvalue weighted by molar-refractivity contribution is 7.14. The van der Waals surface area contributed by atoms with Crippen LogP contribution in [0.15, 0.2) is 53.9 Å². The molecule has 6 heteroatoms. The summed E-state index contributed by atoms with van der Waals surface area (Å²) in [4.78, 5) is 24.1. The van der Waals surface area contributed by atoms with Crippen molar-refractivity contribution in [2.45, 2.75) is 40.3 Å². The Morgan fingerprint density at radius 3 is 2.44 bits per heavy atom. The molecule has 1 fully saturated rings. The first-order chi connectivity index (χ1) is 15.5. The molecule has 0 bridgehead atoms. The number of carbonyl (C=O) groups excluding carboxylic acids is 1. The fourth-order valence-corrected chi connectivity index (χ4v) is 5.18. The summed E-state index contributed by atoms with van der Waals surface area (Å²) in [5.41, 5.74) is 5.84. The summed E-state index contributed by atoms with van der Waals surface area (Å²) in [6.45, 7) is 11.9. The number of hydrogen-bond acceptors (Lipinski definition) is 5. The molecule has 4 rings (SSSR count). The average Bonchev–Trinajstić information content (AvgIpc) is 3.23. The van der Waals surface area contributed by atoms with Gasteiger partial charge in [-0.1, -0.05) is 55.0 Å². The highest BCUT2D eigenvalue weighted by Crippen LogP contribution is 2.32. The van der Waals surface area contributed by atoms with E-state index in [4.69, 9.17) is 4.98 Å². The number of benzene rings is 2. The lowest BCUT2D eigenvalue weighted by molar-refractivity contribution is -0.115. The number of piperazine rings is 1. The van der Waals surface area contributed by atoms with Crippen LogP contribution in [-0.2, 0) is 24.3 Å². The number of aromatic nitrogens is 1. The lowest BCUT2D eigenvalue weighted by Crippen LogP contribution is -2.45. The molecule has 168 valence electrons. The minimum absolute atomic E-state index is 0.00318. The summed E-state index contributed by atoms with van der Waals surface area (Å²) in [7, 11) is 0. The topological polar surface area (TPSA) is 39.7 Å². The first-order valence-electron chi connectivity index (χ1n) is 11.4. The van der Waals surface area contributed by atoms with Gasteiger partial charge < -0.3 is 0 Å². The molecule has 0 atom stereocenters. The molecule has 1 saturated heterocycles. The van der Waals surface area contributed by atoms with Crippen molar-refractivity contribution in [3.63, 3.8) is 0 Å². The van der Waals surface area contributed by atoms with E-state index in [-0.39, 0.29) is 5.91 Å². The van der Waals surface area contributed by atoms with Crippen molar-refractivity contribution < 1.29 is 4.79 Å². The number of nitrogens with zero attached hydrogens (tertiary/aromatic N) is 4. The molecule has 2 aromatic carbocycles. The van der Waals surface area contributed by atoms with Crippen LogP contribution in [0.5, 0.6) is 0 Å². The number of carbonyl (C=O) groups is 1. The first kappa shape index (κ1) is 22.6. The number of amides is 1. The van der Waals surface area contributed by atoms with Gasteiger partial charge in [-0.15, -0.1) is 11.3 Å². The lowest BCUT2D eigenvalue weighted by Gasteiger charge is -2.34. The van der Waals surface area contributed by atoms with Crippen molar-refractivity contribution >= 4 is 28.1 Å². The van der Waals surface area contributed by atoms with Crippen LogP contribution in [0.3, 0.4) is 0 Å². The molecule has 1 aromatic heterocycles. The van der Waals surface area contributed by atoms with Crippen molar-refractivity contribution in [1.29, 1.82) is 0 Å². The molecule has 2 heterocycles. The van der Waals surface area contributed by atoms with Gasteiger partial charge in [0.1, 0.15) is 0 Å². The number of para-hydroxylation sites is 1. The van der Waals surface area contributed by atoms with E-state index in [1.54, 1.807) is 23.2 Å². The Hall–Kier alpha value is -2.54. The van der Waals surface area contributed by atoms with Gasteiger partial charge in [0.25, 0.3) is 0 Å². The van der Waals surface area contributed by atoms with E-state index in [1.807, 2.05) is 18.2 Å². The standard InChI is InChI=1S/C26H32N4OS/c1-4-23-10-5-6-11-25(23)30(21(3)31)26-27-24(19-32-26)18-29-14-12-28(13-15-29)17-22-9-7-8-20(2)16-22/h5-11,16,19H,4,12-15,17-18H2,1-3H3. The average molecular weight is 449 g/mol. The first-order valence-corrected chi connectivity index (χ1v) is 12.2. The lowest BCUT2D eigenvalue weighted by atomic mass is 10.1. The van der Waals surface area contributed by atoms with Gasteiger partial charge in [0.15, 0.2) is 5.13 Å². The molecular weight excluding hydrogens is 416 g/mol. The largest absolute Gasteiger partial charge is 0.297 e. The molecule has 0 spiro atoms. The van der Waals surface area contributed by atoms with Crippen molar-refractivity contribution in [2.75, 3.05) is 31.1 Å². The normalized spacial score (nSPS) is 15.1. The highest BCUT2D eigenvalue weighted by atomic mass is 32.1. The SMILES string of the molecule is CCc1ccccc1N(C(C)=O)c1nc(CN2CCN(Cc3cccc(C)c3)CC2)cs1. The second-order valence-corrected chi connectivity index (χ2v) is 9.34. The minimum atomic E-state index is -0.00318. The van der Waals surface area contributed by atoms with E-state index in [0.29, 0.717) is 0 Å². The second-order valence-electron chi connectivity index (χ2n) is 8.50. The fourth-order valence-electron chi connectivity index (χ4n) is 4.31. The third kappa shape index (κ3) is 5.44. The van der Waals surface area contributed by atoms with Gasteiger partial charge in [-0.25, -0.2) is 4.98 Å². The molecule has 0 unspecified atom stereocenters. The molecule has 5 nitrogen and oxygen atoms in total. The molecule has 1 amide bonds. The Kier molecular flexibility index (Phi) is 7.35. The summed E-state index contributed by atoms with van der Waals surface area (Å²) < 4.78 is 0. The number of anilines is 2. The molecule has 0 N–H and O–H groups in total. The second kappa shape index (κ2) is 10.4. The van der Waals surface area contributed by atoms with E-state index in [2.05, 4.69) is 59.4 Å². The van der Waals surface area contributed by atoms with Crippen LogP contribution < -0.4 is 4.90 Å². The molecule has 1 aliphatic rings. The highest BCUT2D eigenvalue weighted by Gasteiger charge is 2.22. The maximum atomic E-state index is 12.5. The zero-order chi connectivity index (χ0) is 22.5. The van der Waals surface area contributed by atoms with Crippen LogP contribution in [0, 0.1) is 6.92 Å². The van der Waals surface area contributed by atoms with E-state index >= 15 is 0 Å². The zero-order valence-electron chi connectivity index (χ0n) is 19.3. The van der Waals surface area contributed by atoms with Crippen LogP contribution in [0.25, 0.3) is 0 Å². The third-order valence-electron chi connectivity index (χ3n) is 6.00. The van der Waals surface area contributed by atoms with Crippen molar-refractivity contribution in [3.8, 4) is 0 Å². The number of aryl methyl sites for hydroxylation is 2.